The first-order valence-corrected chi connectivity index (χ1v) is 4.17. The number of carbonyl (C=O) groups is 1. The van der Waals surface area contributed by atoms with Crippen molar-refractivity contribution in [2.45, 2.75) is 26.2 Å². The van der Waals surface area contributed by atoms with E-state index in [1.807, 2.05) is 0 Å². The second-order valence-electron chi connectivity index (χ2n) is 3.22. The Balaban J connectivity index is 2.33. The number of amides is 1. The summed E-state index contributed by atoms with van der Waals surface area (Å²) in [6, 6.07) is 0. The largest absolute Gasteiger partial charge is 0.386 e. The highest BCUT2D eigenvalue weighted by Gasteiger charge is 2.16. The van der Waals surface area contributed by atoms with Crippen molar-refractivity contribution >= 4 is 11.6 Å². The van der Waals surface area contributed by atoms with Crippen molar-refractivity contribution in [1.29, 1.82) is 0 Å². The molecule has 68 valence electrons. The molecule has 0 aromatic heterocycles. The van der Waals surface area contributed by atoms with Crippen LogP contribution in [0.5, 0.6) is 0 Å². The molecule has 0 aromatic carbocycles. The monoisotopic (exact) mass is 170 g/mol. The average molecular weight is 170 g/mol. The zero-order valence-corrected chi connectivity index (χ0v) is 7.21. The van der Waals surface area contributed by atoms with Crippen molar-refractivity contribution in [2.75, 3.05) is 6.61 Å². The predicted molar refractivity (Wildman–Crippen MR) is 45.7 cm³/mol. The Labute approximate surface area is 71.7 Å². The van der Waals surface area contributed by atoms with Crippen molar-refractivity contribution in [3.05, 3.63) is 0 Å². The number of nitrogens with one attached hydrogen (secondary N) is 1. The van der Waals surface area contributed by atoms with Gasteiger partial charge in [-0.25, -0.2) is 5.43 Å². The molecule has 1 amide bonds. The summed E-state index contributed by atoms with van der Waals surface area (Å²) >= 11 is 0. The van der Waals surface area contributed by atoms with Gasteiger partial charge in [0.25, 0.3) is 5.91 Å². The third-order valence-electron chi connectivity index (χ3n) is 1.99. The molecule has 12 heavy (non-hydrogen) atoms. The molecule has 0 saturated heterocycles. The molecule has 1 aliphatic rings. The van der Waals surface area contributed by atoms with E-state index in [-0.39, 0.29) is 0 Å². The summed E-state index contributed by atoms with van der Waals surface area (Å²) in [5, 5.41) is 12.3. The number of rotatable bonds is 2. The van der Waals surface area contributed by atoms with E-state index in [0.29, 0.717) is 5.92 Å². The molecule has 0 bridgehead atoms. The van der Waals surface area contributed by atoms with Crippen LogP contribution in [0.3, 0.4) is 0 Å². The number of carbonyl (C=O) groups excluding carboxylic acids is 1. The number of aliphatic hydroxyl groups is 1. The zero-order valence-electron chi connectivity index (χ0n) is 7.21. The maximum absolute atomic E-state index is 10.6. The second-order valence-corrected chi connectivity index (χ2v) is 3.22. The minimum atomic E-state index is -0.494. The van der Waals surface area contributed by atoms with Gasteiger partial charge in [-0.2, -0.15) is 5.10 Å². The third-order valence-corrected chi connectivity index (χ3v) is 1.99. The quantitative estimate of drug-likeness (QED) is 0.584. The van der Waals surface area contributed by atoms with Gasteiger partial charge in [0.1, 0.15) is 6.61 Å². The first-order valence-electron chi connectivity index (χ1n) is 4.17. The van der Waals surface area contributed by atoms with E-state index >= 15 is 0 Å². The van der Waals surface area contributed by atoms with E-state index in [2.05, 4.69) is 17.5 Å². The van der Waals surface area contributed by atoms with Gasteiger partial charge in [0.2, 0.25) is 0 Å². The summed E-state index contributed by atoms with van der Waals surface area (Å²) in [7, 11) is 0. The van der Waals surface area contributed by atoms with Gasteiger partial charge in [-0.1, -0.05) is 6.92 Å². The lowest BCUT2D eigenvalue weighted by atomic mass is 10.1. The SMILES string of the molecule is CC1CC/C(=N/NC(=O)CO)C1. The van der Waals surface area contributed by atoms with Crippen LogP contribution in [0.15, 0.2) is 5.10 Å². The second kappa shape index (κ2) is 4.21. The zero-order chi connectivity index (χ0) is 8.97. The van der Waals surface area contributed by atoms with Crippen molar-refractivity contribution in [1.82, 2.24) is 5.43 Å². The van der Waals surface area contributed by atoms with Crippen molar-refractivity contribution in [3.63, 3.8) is 0 Å². The van der Waals surface area contributed by atoms with Crippen LogP contribution in [0.2, 0.25) is 0 Å². The number of nitrogens with zero attached hydrogens (tertiary/aromatic N) is 1. The van der Waals surface area contributed by atoms with Crippen molar-refractivity contribution < 1.29 is 9.90 Å². The van der Waals surface area contributed by atoms with Crippen molar-refractivity contribution in [2.24, 2.45) is 11.0 Å². The Morgan fingerprint density at radius 2 is 2.58 bits per heavy atom. The molecule has 1 unspecified atom stereocenters. The fourth-order valence-electron chi connectivity index (χ4n) is 1.30. The number of hydrogen-bond donors (Lipinski definition) is 2. The third kappa shape index (κ3) is 2.62. The van der Waals surface area contributed by atoms with Crippen LogP contribution >= 0.6 is 0 Å². The summed E-state index contributed by atoms with van der Waals surface area (Å²) in [4.78, 5) is 10.6. The van der Waals surface area contributed by atoms with Crippen LogP contribution in [-0.2, 0) is 4.79 Å². The smallest absolute Gasteiger partial charge is 0.265 e. The Kier molecular flexibility index (Phi) is 3.22. The van der Waals surface area contributed by atoms with E-state index in [4.69, 9.17) is 5.11 Å². The molecule has 0 heterocycles. The minimum absolute atomic E-state index is 0.443. The summed E-state index contributed by atoms with van der Waals surface area (Å²) < 4.78 is 0. The molecular formula is C8H14N2O2. The molecule has 1 atom stereocenters. The Hall–Kier alpha value is -0.900. The maximum Gasteiger partial charge on any atom is 0.265 e. The van der Waals surface area contributed by atoms with Gasteiger partial charge < -0.3 is 5.11 Å². The lowest BCUT2D eigenvalue weighted by molar-refractivity contribution is -0.123. The molecule has 1 aliphatic carbocycles. The molecule has 0 spiro atoms. The Bertz CT molecular complexity index is 201. The number of hydrazone groups is 1. The summed E-state index contributed by atoms with van der Waals surface area (Å²) in [6.07, 6.45) is 3.08. The molecule has 2 N–H and O–H groups in total. The lowest BCUT2D eigenvalue weighted by Crippen LogP contribution is -2.22. The standard InChI is InChI=1S/C8H14N2O2/c1-6-2-3-7(4-6)9-10-8(12)5-11/h6,11H,2-5H2,1H3,(H,10,12)/b9-7-. The molecule has 0 aromatic rings. The summed E-state index contributed by atoms with van der Waals surface area (Å²) in [5.41, 5.74) is 3.33. The van der Waals surface area contributed by atoms with Crippen molar-refractivity contribution in [3.8, 4) is 0 Å². The highest BCUT2D eigenvalue weighted by Crippen LogP contribution is 2.21. The topological polar surface area (TPSA) is 61.7 Å². The highest BCUT2D eigenvalue weighted by molar-refractivity contribution is 5.88. The minimum Gasteiger partial charge on any atom is -0.386 e. The van der Waals surface area contributed by atoms with Gasteiger partial charge in [0, 0.05) is 5.71 Å². The molecule has 0 aliphatic heterocycles. The van der Waals surface area contributed by atoms with Crippen LogP contribution in [0.25, 0.3) is 0 Å². The molecule has 4 heteroatoms. The van der Waals surface area contributed by atoms with Crippen LogP contribution < -0.4 is 5.43 Å². The van der Waals surface area contributed by atoms with Crippen LogP contribution in [0.1, 0.15) is 26.2 Å². The Morgan fingerprint density at radius 1 is 1.83 bits per heavy atom. The van der Waals surface area contributed by atoms with E-state index in [0.717, 1.165) is 25.0 Å². The van der Waals surface area contributed by atoms with Gasteiger partial charge in [-0.3, -0.25) is 4.79 Å². The molecule has 0 radical (unpaired) electrons. The van der Waals surface area contributed by atoms with Gasteiger partial charge in [0.15, 0.2) is 0 Å². The molecule has 1 saturated carbocycles. The molecule has 4 nitrogen and oxygen atoms in total. The summed E-state index contributed by atoms with van der Waals surface area (Å²) in [6.45, 7) is 1.67. The van der Waals surface area contributed by atoms with E-state index < -0.39 is 12.5 Å². The predicted octanol–water partition coefficient (Wildman–Crippen LogP) is 0.271. The average Bonchev–Trinajstić information content (AvgIpc) is 2.47. The summed E-state index contributed by atoms with van der Waals surface area (Å²) in [5.74, 6) is 0.233. The van der Waals surface area contributed by atoms with Gasteiger partial charge in [0.05, 0.1) is 0 Å². The van der Waals surface area contributed by atoms with Gasteiger partial charge in [-0.05, 0) is 25.2 Å². The van der Waals surface area contributed by atoms with Crippen LogP contribution in [-0.4, -0.2) is 23.3 Å². The molecule has 1 fully saturated rings. The molecular weight excluding hydrogens is 156 g/mol. The molecule has 1 rings (SSSR count). The fraction of sp³-hybridized carbons (Fsp3) is 0.750. The van der Waals surface area contributed by atoms with E-state index in [9.17, 15) is 4.79 Å². The van der Waals surface area contributed by atoms with E-state index in [1.165, 1.54) is 0 Å². The first-order chi connectivity index (χ1) is 5.72. The van der Waals surface area contributed by atoms with Gasteiger partial charge in [-0.15, -0.1) is 0 Å². The van der Waals surface area contributed by atoms with Crippen LogP contribution in [0.4, 0.5) is 0 Å². The number of hydrogen-bond acceptors (Lipinski definition) is 3. The van der Waals surface area contributed by atoms with E-state index in [1.54, 1.807) is 0 Å². The Morgan fingerprint density at radius 3 is 3.08 bits per heavy atom. The fourth-order valence-corrected chi connectivity index (χ4v) is 1.30. The first kappa shape index (κ1) is 9.19. The normalized spacial score (nSPS) is 26.2. The van der Waals surface area contributed by atoms with Gasteiger partial charge >= 0.3 is 0 Å². The highest BCUT2D eigenvalue weighted by atomic mass is 16.3. The lowest BCUT2D eigenvalue weighted by Gasteiger charge is -1.97. The van der Waals surface area contributed by atoms with Crippen LogP contribution in [0, 0.1) is 5.92 Å². The maximum atomic E-state index is 10.6. The number of aliphatic hydroxyl groups excluding tert-OH is 1.